The minimum Gasteiger partial charge on any atom is -0.309 e. The second kappa shape index (κ2) is 12.7. The molecule has 4 heterocycles. The summed E-state index contributed by atoms with van der Waals surface area (Å²) in [5, 5.41) is 11.4. The van der Waals surface area contributed by atoms with Crippen LogP contribution in [0.2, 0.25) is 0 Å². The van der Waals surface area contributed by atoms with Gasteiger partial charge in [0.05, 0.1) is 26.9 Å². The summed E-state index contributed by atoms with van der Waals surface area (Å²) in [7, 11) is 0. The lowest BCUT2D eigenvalue weighted by molar-refractivity contribution is 1.18. The van der Waals surface area contributed by atoms with Crippen molar-refractivity contribution in [1.29, 1.82) is 0 Å². The van der Waals surface area contributed by atoms with Crippen LogP contribution in [0.15, 0.2) is 188 Å². The average Bonchev–Trinajstić information content (AvgIpc) is 3.98. The van der Waals surface area contributed by atoms with Crippen LogP contribution < -0.4 is 0 Å². The number of benzene rings is 9. The van der Waals surface area contributed by atoms with E-state index in [0.29, 0.717) is 0 Å². The molecule has 0 aliphatic heterocycles. The van der Waals surface area contributed by atoms with Crippen LogP contribution in [0, 0.1) is 0 Å². The first kappa shape index (κ1) is 32.9. The Hall–Kier alpha value is -7.18. The van der Waals surface area contributed by atoms with Crippen molar-refractivity contribution in [3.63, 3.8) is 0 Å². The Morgan fingerprint density at radius 2 is 1.02 bits per heavy atom. The Kier molecular flexibility index (Phi) is 7.05. The smallest absolute Gasteiger partial charge is 0.116 e. The average molecular weight is 786 g/mol. The van der Waals surface area contributed by atoms with E-state index in [9.17, 15) is 0 Å². The maximum atomic E-state index is 4.93. The summed E-state index contributed by atoms with van der Waals surface area (Å²) in [6.45, 7) is 0. The molecule has 0 bridgehead atoms. The van der Waals surface area contributed by atoms with Gasteiger partial charge in [0, 0.05) is 52.3 Å². The molecule has 0 amide bonds. The fourth-order valence-electron chi connectivity index (χ4n) is 9.24. The van der Waals surface area contributed by atoms with Crippen molar-refractivity contribution in [3.05, 3.63) is 188 Å². The van der Waals surface area contributed by atoms with Crippen LogP contribution >= 0.6 is 22.7 Å². The summed E-state index contributed by atoms with van der Waals surface area (Å²) < 4.78 is 7.39. The molecule has 0 spiro atoms. The topological polar surface area (TPSA) is 30.7 Å². The minimum atomic E-state index is 0.959. The number of para-hydroxylation sites is 1. The fourth-order valence-corrected chi connectivity index (χ4v) is 11.6. The van der Waals surface area contributed by atoms with Crippen molar-refractivity contribution in [2.75, 3.05) is 0 Å². The molecule has 9 aromatic carbocycles. The van der Waals surface area contributed by atoms with E-state index >= 15 is 0 Å². The van der Waals surface area contributed by atoms with Crippen molar-refractivity contribution in [1.82, 2.24) is 14.5 Å². The molecule has 0 atom stereocenters. The van der Waals surface area contributed by atoms with Gasteiger partial charge in [-0.3, -0.25) is 0 Å². The highest BCUT2D eigenvalue weighted by molar-refractivity contribution is 7.27. The normalized spacial score (nSPS) is 12.1. The molecule has 0 fully saturated rings. The number of nitrogens with zero attached hydrogens (tertiary/aromatic N) is 3. The van der Waals surface area contributed by atoms with Crippen LogP contribution in [0.4, 0.5) is 0 Å². The highest BCUT2D eigenvalue weighted by Crippen LogP contribution is 2.44. The third kappa shape index (κ3) is 5.05. The maximum absolute atomic E-state index is 4.93. The summed E-state index contributed by atoms with van der Waals surface area (Å²) in [6, 6.07) is 66.7. The standard InChI is InChI=1S/C54H31N3S2/c1-2-9-33-26-34(17-16-32(33)8-1)35-18-19-37-28-38(21-20-36(37)27-35)39-22-25-49-45(30-39)52-54(59-49)51(55-31-56-52)40-10-7-11-41(29-40)57-46-14-5-3-13-44(46)50-47(57)24-23-43-42-12-4-6-15-48(42)58-53(43)50/h1-31H. The van der Waals surface area contributed by atoms with Crippen LogP contribution in [-0.4, -0.2) is 14.5 Å². The van der Waals surface area contributed by atoms with Crippen LogP contribution in [0.1, 0.15) is 0 Å². The number of hydrogen-bond donors (Lipinski definition) is 0. The van der Waals surface area contributed by atoms with Gasteiger partial charge in [-0.1, -0.05) is 121 Å². The van der Waals surface area contributed by atoms with E-state index in [-0.39, 0.29) is 0 Å². The van der Waals surface area contributed by atoms with Crippen LogP contribution in [-0.2, 0) is 0 Å². The molecule has 13 aromatic rings. The summed E-state index contributed by atoms with van der Waals surface area (Å²) in [5.74, 6) is 0. The van der Waals surface area contributed by atoms with E-state index in [2.05, 4.69) is 187 Å². The molecule has 0 saturated heterocycles. The van der Waals surface area contributed by atoms with Crippen molar-refractivity contribution in [2.24, 2.45) is 0 Å². The maximum Gasteiger partial charge on any atom is 0.116 e. The molecule has 4 aromatic heterocycles. The predicted octanol–water partition coefficient (Wildman–Crippen LogP) is 15.6. The van der Waals surface area contributed by atoms with Gasteiger partial charge < -0.3 is 4.57 Å². The van der Waals surface area contributed by atoms with Crippen molar-refractivity contribution < 1.29 is 0 Å². The van der Waals surface area contributed by atoms with E-state index in [1.807, 2.05) is 11.3 Å². The van der Waals surface area contributed by atoms with Gasteiger partial charge in [0.15, 0.2) is 0 Å². The number of rotatable bonds is 4. The molecular formula is C54H31N3S2. The second-order valence-electron chi connectivity index (χ2n) is 15.4. The Morgan fingerprint density at radius 3 is 1.85 bits per heavy atom. The van der Waals surface area contributed by atoms with Crippen molar-refractivity contribution in [2.45, 2.75) is 0 Å². The molecule has 3 nitrogen and oxygen atoms in total. The minimum absolute atomic E-state index is 0.959. The number of aromatic nitrogens is 3. The lowest BCUT2D eigenvalue weighted by Crippen LogP contribution is -1.95. The Balaban J connectivity index is 0.892. The van der Waals surface area contributed by atoms with Gasteiger partial charge in [-0.25, -0.2) is 9.97 Å². The third-order valence-electron chi connectivity index (χ3n) is 12.1. The molecule has 59 heavy (non-hydrogen) atoms. The summed E-state index contributed by atoms with van der Waals surface area (Å²) in [6.07, 6.45) is 1.73. The van der Waals surface area contributed by atoms with Crippen molar-refractivity contribution in [3.8, 4) is 39.2 Å². The van der Waals surface area contributed by atoms with Crippen LogP contribution in [0.25, 0.3) is 123 Å². The van der Waals surface area contributed by atoms with Gasteiger partial charge in [-0.2, -0.15) is 0 Å². The predicted molar refractivity (Wildman–Crippen MR) is 253 cm³/mol. The van der Waals surface area contributed by atoms with E-state index in [1.54, 1.807) is 17.7 Å². The highest BCUT2D eigenvalue weighted by atomic mass is 32.1. The van der Waals surface area contributed by atoms with Crippen LogP contribution in [0.5, 0.6) is 0 Å². The lowest BCUT2D eigenvalue weighted by atomic mass is 9.96. The second-order valence-corrected chi connectivity index (χ2v) is 17.5. The first-order valence-corrected chi connectivity index (χ1v) is 21.5. The van der Waals surface area contributed by atoms with Gasteiger partial charge in [-0.15, -0.1) is 22.7 Å². The van der Waals surface area contributed by atoms with Crippen LogP contribution in [0.3, 0.4) is 0 Å². The number of fused-ring (bicyclic) bond motifs is 12. The summed E-state index contributed by atoms with van der Waals surface area (Å²) in [4.78, 5) is 9.83. The van der Waals surface area contributed by atoms with E-state index in [1.165, 1.54) is 90.5 Å². The molecule has 13 rings (SSSR count). The zero-order valence-corrected chi connectivity index (χ0v) is 33.2. The molecule has 0 aliphatic carbocycles. The molecule has 0 N–H and O–H groups in total. The molecule has 0 saturated carbocycles. The molecule has 5 heteroatoms. The largest absolute Gasteiger partial charge is 0.309 e. The van der Waals surface area contributed by atoms with Gasteiger partial charge in [0.25, 0.3) is 0 Å². The Labute approximate surface area is 346 Å². The Bertz CT molecular complexity index is 3870. The van der Waals surface area contributed by atoms with E-state index < -0.39 is 0 Å². The van der Waals surface area contributed by atoms with Gasteiger partial charge in [0.1, 0.15) is 6.33 Å². The molecule has 274 valence electrons. The number of thiophene rings is 2. The SMILES string of the molecule is c1cc(-c2ncnc3c2sc2ccc(-c4ccc5cc(-c6ccc7ccccc7c6)ccc5c4)cc23)cc(-n2c3ccccc3c3c4sc5ccccc5c4ccc32)c1. The summed E-state index contributed by atoms with van der Waals surface area (Å²) >= 11 is 3.66. The number of hydrogen-bond acceptors (Lipinski definition) is 4. The van der Waals surface area contributed by atoms with Gasteiger partial charge in [0.2, 0.25) is 0 Å². The zero-order valence-electron chi connectivity index (χ0n) is 31.6. The highest BCUT2D eigenvalue weighted by Gasteiger charge is 2.19. The zero-order chi connectivity index (χ0) is 38.6. The van der Waals surface area contributed by atoms with E-state index in [0.717, 1.165) is 32.5 Å². The molecule has 0 aliphatic rings. The van der Waals surface area contributed by atoms with Gasteiger partial charge >= 0.3 is 0 Å². The third-order valence-corrected chi connectivity index (χ3v) is 14.4. The molecule has 0 radical (unpaired) electrons. The molecule has 0 unspecified atom stereocenters. The quantitative estimate of drug-likeness (QED) is 0.178. The monoisotopic (exact) mass is 785 g/mol. The summed E-state index contributed by atoms with van der Waals surface area (Å²) in [5.41, 5.74) is 11.4. The first-order valence-electron chi connectivity index (χ1n) is 19.9. The van der Waals surface area contributed by atoms with Crippen molar-refractivity contribution >= 4 is 106 Å². The van der Waals surface area contributed by atoms with E-state index in [4.69, 9.17) is 9.97 Å². The Morgan fingerprint density at radius 1 is 0.373 bits per heavy atom. The lowest BCUT2D eigenvalue weighted by Gasteiger charge is -2.10. The molecular weight excluding hydrogens is 755 g/mol. The first-order chi connectivity index (χ1) is 29.2. The van der Waals surface area contributed by atoms with Gasteiger partial charge in [-0.05, 0) is 104 Å². The fraction of sp³-hybridized carbons (Fsp3) is 0.